The zero-order chi connectivity index (χ0) is 18.8. The molecule has 0 saturated heterocycles. The van der Waals surface area contributed by atoms with Crippen LogP contribution in [0.25, 0.3) is 22.4 Å². The van der Waals surface area contributed by atoms with E-state index in [1.165, 1.54) is 6.07 Å². The molecule has 8 nitrogen and oxygen atoms in total. The van der Waals surface area contributed by atoms with Crippen LogP contribution in [0.5, 0.6) is 0 Å². The Morgan fingerprint density at radius 2 is 1.58 bits per heavy atom. The summed E-state index contributed by atoms with van der Waals surface area (Å²) in [5.41, 5.74) is 26.7. The molecule has 0 bridgehead atoms. The SMILES string of the molecule is NC(=O)Nc1[nH]c(-c2cccc(-c3ccc(N)cc3)c2N)cc1C(N)=O. The first-order chi connectivity index (χ1) is 12.4. The fourth-order valence-electron chi connectivity index (χ4n) is 2.73. The molecule has 0 unspecified atom stereocenters. The zero-order valence-electron chi connectivity index (χ0n) is 13.7. The van der Waals surface area contributed by atoms with Crippen molar-refractivity contribution < 1.29 is 9.59 Å². The number of nitrogens with one attached hydrogen (secondary N) is 2. The Morgan fingerprint density at radius 3 is 2.19 bits per heavy atom. The van der Waals surface area contributed by atoms with Crippen LogP contribution >= 0.6 is 0 Å². The third kappa shape index (κ3) is 3.16. The molecule has 8 heteroatoms. The van der Waals surface area contributed by atoms with Crippen molar-refractivity contribution in [1.29, 1.82) is 0 Å². The lowest BCUT2D eigenvalue weighted by atomic mass is 9.98. The number of hydrogen-bond donors (Lipinski definition) is 6. The van der Waals surface area contributed by atoms with Crippen molar-refractivity contribution in [2.75, 3.05) is 16.8 Å². The number of aromatic amines is 1. The molecule has 1 heterocycles. The molecule has 132 valence electrons. The van der Waals surface area contributed by atoms with Crippen LogP contribution in [0.3, 0.4) is 0 Å². The highest BCUT2D eigenvalue weighted by Gasteiger charge is 2.17. The molecule has 10 N–H and O–H groups in total. The summed E-state index contributed by atoms with van der Waals surface area (Å²) in [6.45, 7) is 0. The van der Waals surface area contributed by atoms with Crippen LogP contribution in [-0.2, 0) is 0 Å². The van der Waals surface area contributed by atoms with E-state index in [1.807, 2.05) is 24.3 Å². The van der Waals surface area contributed by atoms with Gasteiger partial charge in [-0.05, 0) is 23.8 Å². The number of carbonyl (C=O) groups excluding carboxylic acids is 2. The van der Waals surface area contributed by atoms with Gasteiger partial charge in [-0.1, -0.05) is 30.3 Å². The number of rotatable bonds is 4. The fraction of sp³-hybridized carbons (Fsp3) is 0. The molecule has 0 aliphatic rings. The number of hydrogen-bond acceptors (Lipinski definition) is 4. The Hall–Kier alpha value is -3.94. The van der Waals surface area contributed by atoms with Crippen LogP contribution in [0, 0.1) is 0 Å². The van der Waals surface area contributed by atoms with Crippen molar-refractivity contribution in [3.05, 3.63) is 54.1 Å². The molecule has 0 radical (unpaired) electrons. The number of nitrogens with two attached hydrogens (primary N) is 4. The van der Waals surface area contributed by atoms with E-state index < -0.39 is 11.9 Å². The van der Waals surface area contributed by atoms with E-state index in [4.69, 9.17) is 22.9 Å². The van der Waals surface area contributed by atoms with Gasteiger partial charge in [0, 0.05) is 28.2 Å². The molecule has 1 aromatic heterocycles. The maximum absolute atomic E-state index is 11.6. The Kier molecular flexibility index (Phi) is 4.24. The van der Waals surface area contributed by atoms with Crippen molar-refractivity contribution in [1.82, 2.24) is 4.98 Å². The molecule has 0 fully saturated rings. The van der Waals surface area contributed by atoms with E-state index in [-0.39, 0.29) is 11.4 Å². The summed E-state index contributed by atoms with van der Waals surface area (Å²) in [5.74, 6) is -0.582. The molecule has 3 rings (SSSR count). The number of carbonyl (C=O) groups is 2. The standard InChI is InChI=1S/C18H18N6O2/c19-10-6-4-9(5-7-10)11-2-1-3-12(15(11)20)14-8-13(16(21)25)17(23-14)24-18(22)26/h1-8,23H,19-20H2,(H2,21,25)(H3,22,24,26). The number of aromatic nitrogens is 1. The molecule has 0 saturated carbocycles. The van der Waals surface area contributed by atoms with Gasteiger partial charge in [-0.15, -0.1) is 0 Å². The summed E-state index contributed by atoms with van der Waals surface area (Å²) in [6.07, 6.45) is 0. The molecule has 0 aliphatic carbocycles. The van der Waals surface area contributed by atoms with Gasteiger partial charge >= 0.3 is 6.03 Å². The summed E-state index contributed by atoms with van der Waals surface area (Å²) >= 11 is 0. The molecular weight excluding hydrogens is 332 g/mol. The van der Waals surface area contributed by atoms with Gasteiger partial charge in [0.2, 0.25) is 0 Å². The predicted molar refractivity (Wildman–Crippen MR) is 102 cm³/mol. The zero-order valence-corrected chi connectivity index (χ0v) is 13.7. The fourth-order valence-corrected chi connectivity index (χ4v) is 2.73. The topological polar surface area (TPSA) is 166 Å². The van der Waals surface area contributed by atoms with Gasteiger partial charge in [0.15, 0.2) is 0 Å². The lowest BCUT2D eigenvalue weighted by molar-refractivity contribution is 0.100. The summed E-state index contributed by atoms with van der Waals surface area (Å²) in [6, 6.07) is 13.5. The van der Waals surface area contributed by atoms with Crippen molar-refractivity contribution in [3.63, 3.8) is 0 Å². The minimum absolute atomic E-state index is 0.107. The summed E-state index contributed by atoms with van der Waals surface area (Å²) in [4.78, 5) is 25.7. The second-order valence-electron chi connectivity index (χ2n) is 5.71. The van der Waals surface area contributed by atoms with Crippen LogP contribution in [0.4, 0.5) is 22.0 Å². The normalized spacial score (nSPS) is 10.5. The third-order valence-corrected chi connectivity index (χ3v) is 3.95. The van der Waals surface area contributed by atoms with Crippen LogP contribution in [0.1, 0.15) is 10.4 Å². The molecule has 3 amide bonds. The molecule has 3 aromatic rings. The largest absolute Gasteiger partial charge is 0.399 e. The summed E-state index contributed by atoms with van der Waals surface area (Å²) < 4.78 is 0. The van der Waals surface area contributed by atoms with Gasteiger partial charge in [-0.25, -0.2) is 4.79 Å². The maximum atomic E-state index is 11.6. The summed E-state index contributed by atoms with van der Waals surface area (Å²) in [7, 11) is 0. The average molecular weight is 350 g/mol. The Labute approximate surface area is 149 Å². The van der Waals surface area contributed by atoms with E-state index in [9.17, 15) is 9.59 Å². The van der Waals surface area contributed by atoms with Gasteiger partial charge in [0.05, 0.1) is 5.56 Å². The number of anilines is 3. The molecule has 2 aromatic carbocycles. The Balaban J connectivity index is 2.10. The lowest BCUT2D eigenvalue weighted by Gasteiger charge is -2.11. The van der Waals surface area contributed by atoms with Crippen LogP contribution in [0.15, 0.2) is 48.5 Å². The number of para-hydroxylation sites is 1. The van der Waals surface area contributed by atoms with Gasteiger partial charge in [0.1, 0.15) is 5.82 Å². The highest BCUT2D eigenvalue weighted by Crippen LogP contribution is 2.36. The Morgan fingerprint density at radius 1 is 0.923 bits per heavy atom. The van der Waals surface area contributed by atoms with Crippen molar-refractivity contribution in [2.24, 2.45) is 11.5 Å². The second kappa shape index (κ2) is 6.52. The number of amides is 3. The molecule has 0 aliphatic heterocycles. The van der Waals surface area contributed by atoms with Crippen LogP contribution in [-0.4, -0.2) is 16.9 Å². The average Bonchev–Trinajstić information content (AvgIpc) is 2.99. The van der Waals surface area contributed by atoms with Gasteiger partial charge in [0.25, 0.3) is 5.91 Å². The first-order valence-corrected chi connectivity index (χ1v) is 7.71. The smallest absolute Gasteiger partial charge is 0.317 e. The van der Waals surface area contributed by atoms with E-state index >= 15 is 0 Å². The minimum atomic E-state index is -0.815. The quantitative estimate of drug-likeness (QED) is 0.397. The first kappa shape index (κ1) is 16.9. The molecule has 0 atom stereocenters. The molecular formula is C18H18N6O2. The number of nitrogen functional groups attached to an aromatic ring is 2. The highest BCUT2D eigenvalue weighted by atomic mass is 16.2. The van der Waals surface area contributed by atoms with E-state index in [0.29, 0.717) is 22.6 Å². The molecule has 26 heavy (non-hydrogen) atoms. The Bertz CT molecular complexity index is 991. The number of urea groups is 1. The third-order valence-electron chi connectivity index (χ3n) is 3.95. The second-order valence-corrected chi connectivity index (χ2v) is 5.71. The van der Waals surface area contributed by atoms with Gasteiger partial charge in [-0.2, -0.15) is 0 Å². The predicted octanol–water partition coefficient (Wildman–Crippen LogP) is 2.10. The monoisotopic (exact) mass is 350 g/mol. The van der Waals surface area contributed by atoms with Crippen molar-refractivity contribution >= 4 is 29.1 Å². The van der Waals surface area contributed by atoms with Crippen molar-refractivity contribution in [3.8, 4) is 22.4 Å². The first-order valence-electron chi connectivity index (χ1n) is 7.71. The van der Waals surface area contributed by atoms with Crippen molar-refractivity contribution in [2.45, 2.75) is 0 Å². The molecule has 0 spiro atoms. The van der Waals surface area contributed by atoms with Gasteiger partial charge in [-0.3, -0.25) is 10.1 Å². The van der Waals surface area contributed by atoms with Gasteiger partial charge < -0.3 is 27.9 Å². The van der Waals surface area contributed by atoms with E-state index in [1.54, 1.807) is 18.2 Å². The minimum Gasteiger partial charge on any atom is -0.399 e. The highest BCUT2D eigenvalue weighted by molar-refractivity contribution is 6.03. The van der Waals surface area contributed by atoms with E-state index in [0.717, 1.165) is 11.1 Å². The number of benzene rings is 2. The number of primary amides is 2. The van der Waals surface area contributed by atoms with Crippen LogP contribution in [0.2, 0.25) is 0 Å². The lowest BCUT2D eigenvalue weighted by Crippen LogP contribution is -2.22. The summed E-state index contributed by atoms with van der Waals surface area (Å²) in [5, 5.41) is 2.34. The van der Waals surface area contributed by atoms with E-state index in [2.05, 4.69) is 10.3 Å². The number of H-pyrrole nitrogens is 1. The maximum Gasteiger partial charge on any atom is 0.317 e. The van der Waals surface area contributed by atoms with Crippen LogP contribution < -0.4 is 28.3 Å².